The van der Waals surface area contributed by atoms with E-state index in [9.17, 15) is 4.79 Å². The van der Waals surface area contributed by atoms with Crippen LogP contribution in [0, 0.1) is 0 Å². The SMILES string of the molecule is CCN(CCCCCCl)C(=O)O. The van der Waals surface area contributed by atoms with E-state index in [4.69, 9.17) is 16.7 Å². The van der Waals surface area contributed by atoms with Crippen LogP contribution in [0.2, 0.25) is 0 Å². The van der Waals surface area contributed by atoms with Crippen molar-refractivity contribution in [2.75, 3.05) is 19.0 Å². The predicted molar refractivity (Wildman–Crippen MR) is 49.8 cm³/mol. The molecule has 3 nitrogen and oxygen atoms in total. The molecule has 0 spiro atoms. The number of halogens is 1. The van der Waals surface area contributed by atoms with Crippen molar-refractivity contribution in [1.82, 2.24) is 4.90 Å². The lowest BCUT2D eigenvalue weighted by Gasteiger charge is -2.15. The van der Waals surface area contributed by atoms with Crippen molar-refractivity contribution in [2.45, 2.75) is 26.2 Å². The number of hydrogen-bond acceptors (Lipinski definition) is 1. The first-order valence-corrected chi connectivity index (χ1v) is 4.79. The lowest BCUT2D eigenvalue weighted by Crippen LogP contribution is -2.30. The standard InChI is InChI=1S/C8H16ClNO2/c1-2-10(8(11)12)7-5-3-4-6-9/h2-7H2,1H3,(H,11,12). The summed E-state index contributed by atoms with van der Waals surface area (Å²) in [7, 11) is 0. The fourth-order valence-electron chi connectivity index (χ4n) is 0.963. The van der Waals surface area contributed by atoms with E-state index in [0.717, 1.165) is 19.3 Å². The van der Waals surface area contributed by atoms with Gasteiger partial charge in [-0.25, -0.2) is 4.79 Å². The Morgan fingerprint density at radius 3 is 2.50 bits per heavy atom. The van der Waals surface area contributed by atoms with E-state index in [1.165, 1.54) is 4.90 Å². The van der Waals surface area contributed by atoms with Gasteiger partial charge in [-0.15, -0.1) is 11.6 Å². The van der Waals surface area contributed by atoms with Crippen molar-refractivity contribution in [3.63, 3.8) is 0 Å². The molecule has 0 heterocycles. The highest BCUT2D eigenvalue weighted by Gasteiger charge is 2.06. The molecule has 0 unspecified atom stereocenters. The minimum atomic E-state index is -0.830. The van der Waals surface area contributed by atoms with Gasteiger partial charge >= 0.3 is 6.09 Å². The summed E-state index contributed by atoms with van der Waals surface area (Å²) in [5.74, 6) is 0.666. The molecule has 0 aromatic rings. The number of carboxylic acid groups (broad SMARTS) is 1. The molecule has 0 saturated carbocycles. The molecule has 1 amide bonds. The topological polar surface area (TPSA) is 40.5 Å². The van der Waals surface area contributed by atoms with E-state index < -0.39 is 6.09 Å². The van der Waals surface area contributed by atoms with Crippen LogP contribution in [0.4, 0.5) is 4.79 Å². The van der Waals surface area contributed by atoms with Crippen LogP contribution < -0.4 is 0 Å². The Balaban J connectivity index is 3.38. The first-order chi connectivity index (χ1) is 5.72. The van der Waals surface area contributed by atoms with Crippen molar-refractivity contribution >= 4 is 17.7 Å². The van der Waals surface area contributed by atoms with Crippen molar-refractivity contribution in [2.24, 2.45) is 0 Å². The molecular formula is C8H16ClNO2. The van der Waals surface area contributed by atoms with Gasteiger partial charge in [-0.2, -0.15) is 0 Å². The number of alkyl halides is 1. The number of amides is 1. The predicted octanol–water partition coefficient (Wildman–Crippen LogP) is 2.40. The summed E-state index contributed by atoms with van der Waals surface area (Å²) in [5, 5.41) is 8.63. The summed E-state index contributed by atoms with van der Waals surface area (Å²) >= 11 is 5.48. The average molecular weight is 194 g/mol. The van der Waals surface area contributed by atoms with E-state index in [2.05, 4.69) is 0 Å². The van der Waals surface area contributed by atoms with Crippen LogP contribution in [0.1, 0.15) is 26.2 Å². The van der Waals surface area contributed by atoms with Crippen LogP contribution in [0.15, 0.2) is 0 Å². The maximum absolute atomic E-state index is 10.5. The lowest BCUT2D eigenvalue weighted by atomic mass is 10.2. The lowest BCUT2D eigenvalue weighted by molar-refractivity contribution is 0.147. The molecule has 0 fully saturated rings. The molecule has 4 heteroatoms. The zero-order valence-corrected chi connectivity index (χ0v) is 8.18. The minimum Gasteiger partial charge on any atom is -0.465 e. The van der Waals surface area contributed by atoms with E-state index in [1.807, 2.05) is 6.92 Å². The molecule has 0 aromatic heterocycles. The first kappa shape index (κ1) is 11.6. The normalized spacial score (nSPS) is 9.83. The van der Waals surface area contributed by atoms with Gasteiger partial charge in [0, 0.05) is 19.0 Å². The molecule has 0 aliphatic carbocycles. The number of nitrogens with zero attached hydrogens (tertiary/aromatic N) is 1. The second-order valence-corrected chi connectivity index (χ2v) is 2.99. The number of hydrogen-bond donors (Lipinski definition) is 1. The number of unbranched alkanes of at least 4 members (excludes halogenated alkanes) is 2. The largest absolute Gasteiger partial charge is 0.465 e. The smallest absolute Gasteiger partial charge is 0.407 e. The Labute approximate surface area is 78.3 Å². The fourth-order valence-corrected chi connectivity index (χ4v) is 1.15. The van der Waals surface area contributed by atoms with Gasteiger partial charge in [0.2, 0.25) is 0 Å². The van der Waals surface area contributed by atoms with E-state index >= 15 is 0 Å². The Kier molecular flexibility index (Phi) is 6.96. The summed E-state index contributed by atoms with van der Waals surface area (Å²) in [5.41, 5.74) is 0. The van der Waals surface area contributed by atoms with Crippen LogP contribution in [0.25, 0.3) is 0 Å². The molecule has 0 aromatic carbocycles. The second-order valence-electron chi connectivity index (χ2n) is 2.61. The summed E-state index contributed by atoms with van der Waals surface area (Å²) in [6, 6.07) is 0. The summed E-state index contributed by atoms with van der Waals surface area (Å²) in [4.78, 5) is 11.9. The highest BCUT2D eigenvalue weighted by molar-refractivity contribution is 6.17. The Morgan fingerprint density at radius 2 is 2.08 bits per heavy atom. The van der Waals surface area contributed by atoms with Gasteiger partial charge in [-0.1, -0.05) is 6.42 Å². The Bertz CT molecular complexity index is 130. The van der Waals surface area contributed by atoms with Gasteiger partial charge < -0.3 is 10.0 Å². The highest BCUT2D eigenvalue weighted by Crippen LogP contribution is 2.00. The third-order valence-electron chi connectivity index (χ3n) is 1.71. The molecule has 72 valence electrons. The van der Waals surface area contributed by atoms with Gasteiger partial charge in [0.1, 0.15) is 0 Å². The van der Waals surface area contributed by atoms with Crippen LogP contribution in [-0.4, -0.2) is 35.1 Å². The molecular weight excluding hydrogens is 178 g/mol. The molecule has 1 N–H and O–H groups in total. The summed E-state index contributed by atoms with van der Waals surface area (Å²) < 4.78 is 0. The molecule has 0 aliphatic rings. The van der Waals surface area contributed by atoms with Gasteiger partial charge in [-0.05, 0) is 19.8 Å². The fraction of sp³-hybridized carbons (Fsp3) is 0.875. The molecule has 0 aliphatic heterocycles. The van der Waals surface area contributed by atoms with E-state index in [0.29, 0.717) is 19.0 Å². The first-order valence-electron chi connectivity index (χ1n) is 4.26. The van der Waals surface area contributed by atoms with Crippen LogP contribution in [0.5, 0.6) is 0 Å². The van der Waals surface area contributed by atoms with Gasteiger partial charge in [0.05, 0.1) is 0 Å². The van der Waals surface area contributed by atoms with Crippen LogP contribution in [0.3, 0.4) is 0 Å². The van der Waals surface area contributed by atoms with Crippen LogP contribution >= 0.6 is 11.6 Å². The summed E-state index contributed by atoms with van der Waals surface area (Å²) in [6.45, 7) is 3.04. The number of carbonyl (C=O) groups is 1. The van der Waals surface area contributed by atoms with Crippen molar-refractivity contribution < 1.29 is 9.90 Å². The quantitative estimate of drug-likeness (QED) is 0.520. The van der Waals surface area contributed by atoms with Gasteiger partial charge in [-0.3, -0.25) is 0 Å². The summed E-state index contributed by atoms with van der Waals surface area (Å²) in [6.07, 6.45) is 2.06. The third kappa shape index (κ3) is 5.24. The zero-order valence-electron chi connectivity index (χ0n) is 7.42. The zero-order chi connectivity index (χ0) is 9.40. The molecule has 0 radical (unpaired) electrons. The monoisotopic (exact) mass is 193 g/mol. The second kappa shape index (κ2) is 7.22. The Hall–Kier alpha value is -0.440. The molecule has 0 rings (SSSR count). The molecule has 12 heavy (non-hydrogen) atoms. The maximum atomic E-state index is 10.5. The average Bonchev–Trinajstić information content (AvgIpc) is 2.04. The van der Waals surface area contributed by atoms with Crippen molar-refractivity contribution in [3.8, 4) is 0 Å². The van der Waals surface area contributed by atoms with Crippen molar-refractivity contribution in [1.29, 1.82) is 0 Å². The molecule has 0 bridgehead atoms. The van der Waals surface area contributed by atoms with Gasteiger partial charge in [0.25, 0.3) is 0 Å². The molecule has 0 saturated heterocycles. The minimum absolute atomic E-state index is 0.566. The number of rotatable bonds is 6. The van der Waals surface area contributed by atoms with Gasteiger partial charge in [0.15, 0.2) is 0 Å². The van der Waals surface area contributed by atoms with Crippen molar-refractivity contribution in [3.05, 3.63) is 0 Å². The Morgan fingerprint density at radius 1 is 1.42 bits per heavy atom. The third-order valence-corrected chi connectivity index (χ3v) is 1.98. The molecule has 0 atom stereocenters. The van der Waals surface area contributed by atoms with E-state index in [-0.39, 0.29) is 0 Å². The van der Waals surface area contributed by atoms with Crippen LogP contribution in [-0.2, 0) is 0 Å². The van der Waals surface area contributed by atoms with E-state index in [1.54, 1.807) is 0 Å². The maximum Gasteiger partial charge on any atom is 0.407 e. The highest BCUT2D eigenvalue weighted by atomic mass is 35.5.